The molecule has 10 heteroatoms. The van der Waals surface area contributed by atoms with E-state index in [1.165, 1.54) is 12.8 Å². The minimum Gasteiger partial charge on any atom is -0.488 e. The first-order valence-electron chi connectivity index (χ1n) is 15.5. The van der Waals surface area contributed by atoms with E-state index in [2.05, 4.69) is 18.6 Å². The van der Waals surface area contributed by atoms with Gasteiger partial charge in [0.2, 0.25) is 0 Å². The predicted octanol–water partition coefficient (Wildman–Crippen LogP) is 8.37. The average Bonchev–Trinajstić information content (AvgIpc) is 3.25. The normalized spacial score (nSPS) is 37.2. The number of fused-ring (bicyclic) bond motifs is 5. The zero-order chi connectivity index (χ0) is 30.7. The number of esters is 1. The lowest BCUT2D eigenvalue weighted by Gasteiger charge is -2.61. The number of benzene rings is 1. The maximum absolute atomic E-state index is 13.2. The molecule has 1 aromatic carbocycles. The molecular formula is C32H45F5N2O3. The van der Waals surface area contributed by atoms with Crippen molar-refractivity contribution in [3.05, 3.63) is 18.2 Å². The Bertz CT molecular complexity index is 1160. The van der Waals surface area contributed by atoms with Crippen molar-refractivity contribution in [2.24, 2.45) is 46.3 Å². The van der Waals surface area contributed by atoms with E-state index in [9.17, 15) is 26.7 Å². The van der Waals surface area contributed by atoms with Crippen molar-refractivity contribution in [1.29, 1.82) is 0 Å². The summed E-state index contributed by atoms with van der Waals surface area (Å²) in [7, 11) is 0. The van der Waals surface area contributed by atoms with Crippen LogP contribution in [0.2, 0.25) is 0 Å². The van der Waals surface area contributed by atoms with Gasteiger partial charge in [-0.15, -0.1) is 0 Å². The van der Waals surface area contributed by atoms with Gasteiger partial charge < -0.3 is 20.9 Å². The number of carbonyl (C=O) groups is 1. The number of alkyl halides is 5. The van der Waals surface area contributed by atoms with Crippen LogP contribution in [0.1, 0.15) is 91.4 Å². The lowest BCUT2D eigenvalue weighted by Crippen LogP contribution is -2.54. The Morgan fingerprint density at radius 3 is 2.36 bits per heavy atom. The molecule has 4 fully saturated rings. The number of halogens is 5. The summed E-state index contributed by atoms with van der Waals surface area (Å²) in [5, 5.41) is 0. The lowest BCUT2D eigenvalue weighted by atomic mass is 9.44. The molecule has 42 heavy (non-hydrogen) atoms. The van der Waals surface area contributed by atoms with Crippen LogP contribution in [-0.2, 0) is 9.53 Å². The first-order chi connectivity index (χ1) is 19.5. The largest absolute Gasteiger partial charge is 0.501 e. The van der Waals surface area contributed by atoms with Gasteiger partial charge in [0.05, 0.1) is 11.8 Å². The molecule has 0 heterocycles. The van der Waals surface area contributed by atoms with Gasteiger partial charge in [-0.3, -0.25) is 4.79 Å². The second kappa shape index (κ2) is 11.0. The molecule has 4 N–H and O–H groups in total. The third-order valence-corrected chi connectivity index (χ3v) is 12.1. The van der Waals surface area contributed by atoms with Gasteiger partial charge in [-0.25, -0.2) is 0 Å². The molecule has 5 rings (SSSR count). The SMILES string of the molecule is C[C@H](CCC(=O)OC(F)(F)C(F)(F)F)[C@H]1CC[C@H]2[C@@H]3CCC4CC(Oc5ccc(N)cc5N)CC[C@]4(C)[C@H]3CC[C@]12C. The zero-order valence-corrected chi connectivity index (χ0v) is 24.8. The van der Waals surface area contributed by atoms with Gasteiger partial charge in [-0.1, -0.05) is 20.8 Å². The van der Waals surface area contributed by atoms with E-state index in [1.807, 2.05) is 19.1 Å². The van der Waals surface area contributed by atoms with Crippen molar-refractivity contribution in [2.45, 2.75) is 110 Å². The van der Waals surface area contributed by atoms with E-state index >= 15 is 0 Å². The Labute approximate surface area is 245 Å². The molecule has 4 aliphatic carbocycles. The fraction of sp³-hybridized carbons (Fsp3) is 0.781. The summed E-state index contributed by atoms with van der Waals surface area (Å²) >= 11 is 0. The molecule has 0 bridgehead atoms. The molecule has 4 aliphatic rings. The molecule has 0 aliphatic heterocycles. The second-order valence-electron chi connectivity index (χ2n) is 14.2. The number of anilines is 2. The van der Waals surface area contributed by atoms with Gasteiger partial charge in [-0.2, -0.15) is 22.0 Å². The minimum absolute atomic E-state index is 0.0314. The van der Waals surface area contributed by atoms with Crippen LogP contribution < -0.4 is 16.2 Å². The van der Waals surface area contributed by atoms with Crippen LogP contribution in [0.3, 0.4) is 0 Å². The molecule has 4 saturated carbocycles. The Kier molecular flexibility index (Phi) is 8.18. The number of nitrogens with two attached hydrogens (primary N) is 2. The lowest BCUT2D eigenvalue weighted by molar-refractivity contribution is -0.376. The highest BCUT2D eigenvalue weighted by atomic mass is 19.4. The zero-order valence-electron chi connectivity index (χ0n) is 24.8. The van der Waals surface area contributed by atoms with Crippen molar-refractivity contribution in [3.8, 4) is 5.75 Å². The van der Waals surface area contributed by atoms with Gasteiger partial charge in [-0.05, 0) is 129 Å². The summed E-state index contributed by atoms with van der Waals surface area (Å²) in [6, 6.07) is 5.41. The van der Waals surface area contributed by atoms with Crippen molar-refractivity contribution in [2.75, 3.05) is 11.5 Å². The van der Waals surface area contributed by atoms with Crippen LogP contribution in [0.15, 0.2) is 18.2 Å². The fourth-order valence-electron chi connectivity index (χ4n) is 9.95. The average molecular weight is 601 g/mol. The molecule has 236 valence electrons. The predicted molar refractivity (Wildman–Crippen MR) is 150 cm³/mol. The van der Waals surface area contributed by atoms with E-state index < -0.39 is 24.7 Å². The maximum atomic E-state index is 13.2. The minimum atomic E-state index is -5.91. The van der Waals surface area contributed by atoms with Gasteiger partial charge in [0.15, 0.2) is 0 Å². The van der Waals surface area contributed by atoms with E-state index in [1.54, 1.807) is 6.07 Å². The van der Waals surface area contributed by atoms with Crippen LogP contribution in [0.5, 0.6) is 5.75 Å². The van der Waals surface area contributed by atoms with Crippen molar-refractivity contribution < 1.29 is 36.2 Å². The Hall–Kier alpha value is -2.26. The first kappa shape index (κ1) is 31.2. The molecule has 1 aromatic rings. The monoisotopic (exact) mass is 600 g/mol. The molecule has 2 unspecified atom stereocenters. The molecule has 0 radical (unpaired) electrons. The highest BCUT2D eigenvalue weighted by Crippen LogP contribution is 2.68. The van der Waals surface area contributed by atoms with Crippen molar-refractivity contribution in [1.82, 2.24) is 0 Å². The van der Waals surface area contributed by atoms with E-state index in [0.717, 1.165) is 44.9 Å². The quantitative estimate of drug-likeness (QED) is 0.187. The molecule has 0 amide bonds. The van der Waals surface area contributed by atoms with Gasteiger partial charge in [0.25, 0.3) is 0 Å². The van der Waals surface area contributed by atoms with E-state index in [0.29, 0.717) is 46.7 Å². The van der Waals surface area contributed by atoms with Crippen LogP contribution in [-0.4, -0.2) is 24.4 Å². The van der Waals surface area contributed by atoms with Crippen molar-refractivity contribution in [3.63, 3.8) is 0 Å². The molecule has 0 aromatic heterocycles. The Morgan fingerprint density at radius 2 is 1.67 bits per heavy atom. The number of nitrogen functional groups attached to an aromatic ring is 2. The number of hydrogen-bond donors (Lipinski definition) is 2. The molecular weight excluding hydrogens is 555 g/mol. The van der Waals surface area contributed by atoms with Gasteiger partial charge in [0, 0.05) is 12.1 Å². The van der Waals surface area contributed by atoms with Crippen molar-refractivity contribution >= 4 is 17.3 Å². The maximum Gasteiger partial charge on any atom is 0.501 e. The topological polar surface area (TPSA) is 87.6 Å². The van der Waals surface area contributed by atoms with Gasteiger partial charge >= 0.3 is 18.3 Å². The fourth-order valence-corrected chi connectivity index (χ4v) is 9.95. The third kappa shape index (κ3) is 5.56. The highest BCUT2D eigenvalue weighted by Gasteiger charge is 2.63. The molecule has 9 atom stereocenters. The summed E-state index contributed by atoms with van der Waals surface area (Å²) in [5.41, 5.74) is 13.5. The standard InChI is InChI=1S/C32H45F5N2O3/c1-18(4-11-28(40)42-32(36,37)31(33,34)35)23-8-9-24-22-7-5-19-16-21(41-27-10-6-20(38)17-26(27)39)12-14-29(19,2)25(22)13-15-30(23,24)3/h6,10,17-19,21-25H,4-5,7-9,11-16,38-39H2,1-3H3/t18-,19?,21?,22+,23-,24+,25+,29+,30-/m1/s1. The highest BCUT2D eigenvalue weighted by molar-refractivity contribution is 5.69. The summed E-state index contributed by atoms with van der Waals surface area (Å²) in [4.78, 5) is 11.9. The van der Waals surface area contributed by atoms with Crippen LogP contribution in [0, 0.1) is 46.3 Å². The van der Waals surface area contributed by atoms with Crippen LogP contribution >= 0.6 is 0 Å². The van der Waals surface area contributed by atoms with E-state index in [-0.39, 0.29) is 29.3 Å². The summed E-state index contributed by atoms with van der Waals surface area (Å²) < 4.78 is 73.5. The number of hydrogen-bond acceptors (Lipinski definition) is 5. The summed E-state index contributed by atoms with van der Waals surface area (Å²) in [6.45, 7) is 6.85. The number of carbonyl (C=O) groups excluding carboxylic acids is 1. The van der Waals surface area contributed by atoms with E-state index in [4.69, 9.17) is 16.2 Å². The summed E-state index contributed by atoms with van der Waals surface area (Å²) in [6.07, 6.45) is -1.63. The summed E-state index contributed by atoms with van der Waals surface area (Å²) in [5.74, 6) is 1.96. The number of ether oxygens (including phenoxy) is 2. The second-order valence-corrected chi connectivity index (χ2v) is 14.2. The van der Waals surface area contributed by atoms with Crippen LogP contribution in [0.4, 0.5) is 33.3 Å². The third-order valence-electron chi connectivity index (χ3n) is 12.1. The molecule has 0 spiro atoms. The molecule has 0 saturated heterocycles. The first-order valence-corrected chi connectivity index (χ1v) is 15.5. The van der Waals surface area contributed by atoms with Gasteiger partial charge in [0.1, 0.15) is 5.75 Å². The number of rotatable bonds is 7. The Morgan fingerprint density at radius 1 is 0.976 bits per heavy atom. The smallest absolute Gasteiger partial charge is 0.488 e. The molecule has 5 nitrogen and oxygen atoms in total. The Balaban J connectivity index is 1.19. The van der Waals surface area contributed by atoms with Crippen LogP contribution in [0.25, 0.3) is 0 Å².